The molecule has 0 saturated carbocycles. The summed E-state index contributed by atoms with van der Waals surface area (Å²) in [6, 6.07) is 13.3. The van der Waals surface area contributed by atoms with Crippen LogP contribution in [0.15, 0.2) is 57.2 Å². The molecule has 168 valence electrons. The fourth-order valence-electron chi connectivity index (χ4n) is 2.78. The highest BCUT2D eigenvalue weighted by molar-refractivity contribution is 9.10. The summed E-state index contributed by atoms with van der Waals surface area (Å²) in [5, 5.41) is 13.1. The van der Waals surface area contributed by atoms with Crippen molar-refractivity contribution < 1.29 is 14.3 Å². The molecule has 1 N–H and O–H groups in total. The summed E-state index contributed by atoms with van der Waals surface area (Å²) in [5.41, 5.74) is 4.24. The van der Waals surface area contributed by atoms with E-state index in [1.54, 1.807) is 19.4 Å². The average Bonchev–Trinajstić information content (AvgIpc) is 3.13. The van der Waals surface area contributed by atoms with Gasteiger partial charge in [0, 0.05) is 17.1 Å². The van der Waals surface area contributed by atoms with Gasteiger partial charge in [-0.3, -0.25) is 4.79 Å². The Kier molecular flexibility index (Phi) is 8.29. The number of benzene rings is 2. The van der Waals surface area contributed by atoms with E-state index in [0.29, 0.717) is 16.7 Å². The summed E-state index contributed by atoms with van der Waals surface area (Å²) in [6.07, 6.45) is 1.59. The molecular formula is C22H24BrN5O3S. The molecule has 3 rings (SSSR count). The van der Waals surface area contributed by atoms with E-state index in [0.717, 1.165) is 21.4 Å². The zero-order chi connectivity index (χ0) is 23.1. The van der Waals surface area contributed by atoms with Crippen LogP contribution in [0.5, 0.6) is 11.5 Å². The Morgan fingerprint density at radius 2 is 2.06 bits per heavy atom. The third-order valence-corrected chi connectivity index (χ3v) is 5.72. The minimum atomic E-state index is -0.245. The predicted octanol–water partition coefficient (Wildman–Crippen LogP) is 4.28. The maximum atomic E-state index is 12.2. The fraction of sp³-hybridized carbons (Fsp3) is 0.273. The van der Waals surface area contributed by atoms with Crippen molar-refractivity contribution >= 4 is 39.8 Å². The number of nitrogens with zero attached hydrogens (tertiary/aromatic N) is 4. The quantitative estimate of drug-likeness (QED) is 0.258. The van der Waals surface area contributed by atoms with Gasteiger partial charge in [0.2, 0.25) is 0 Å². The summed E-state index contributed by atoms with van der Waals surface area (Å²) in [5.74, 6) is 1.90. The Morgan fingerprint density at radius 3 is 2.78 bits per heavy atom. The lowest BCUT2D eigenvalue weighted by molar-refractivity contribution is -0.118. The van der Waals surface area contributed by atoms with E-state index in [1.165, 1.54) is 11.8 Å². The smallest absolute Gasteiger partial charge is 0.250 e. The zero-order valence-corrected chi connectivity index (χ0v) is 20.6. The second-order valence-electron chi connectivity index (χ2n) is 7.03. The summed E-state index contributed by atoms with van der Waals surface area (Å²) < 4.78 is 13.9. The van der Waals surface area contributed by atoms with Crippen LogP contribution in [0.4, 0.5) is 0 Å². The molecule has 1 aromatic heterocycles. The van der Waals surface area contributed by atoms with Crippen molar-refractivity contribution in [3.05, 3.63) is 52.5 Å². The molecular weight excluding hydrogens is 494 g/mol. The molecule has 0 radical (unpaired) electrons. The van der Waals surface area contributed by atoms with Crippen molar-refractivity contribution in [1.82, 2.24) is 20.2 Å². The van der Waals surface area contributed by atoms with E-state index in [2.05, 4.69) is 36.7 Å². The van der Waals surface area contributed by atoms with Crippen molar-refractivity contribution in [2.45, 2.75) is 25.1 Å². The molecule has 8 nitrogen and oxygen atoms in total. The van der Waals surface area contributed by atoms with Gasteiger partial charge in [0.1, 0.15) is 0 Å². The lowest BCUT2D eigenvalue weighted by Gasteiger charge is -2.13. The van der Waals surface area contributed by atoms with Crippen molar-refractivity contribution in [2.75, 3.05) is 12.9 Å². The van der Waals surface area contributed by atoms with Crippen LogP contribution in [-0.4, -0.2) is 45.9 Å². The third kappa shape index (κ3) is 6.33. The molecule has 0 fully saturated rings. The Bertz CT molecular complexity index is 1120. The number of hydrogen-bond acceptors (Lipinski definition) is 7. The molecule has 0 spiro atoms. The van der Waals surface area contributed by atoms with Crippen LogP contribution in [0, 0.1) is 0 Å². The predicted molar refractivity (Wildman–Crippen MR) is 129 cm³/mol. The molecule has 1 heterocycles. The number of carbonyl (C=O) groups excluding carboxylic acids is 1. The molecule has 3 aromatic rings. The number of rotatable bonds is 9. The Hall–Kier alpha value is -2.85. The molecule has 0 aliphatic carbocycles. The Morgan fingerprint density at radius 1 is 1.25 bits per heavy atom. The fourth-order valence-corrected chi connectivity index (χ4v) is 3.88. The van der Waals surface area contributed by atoms with Crippen LogP contribution >= 0.6 is 27.7 Å². The molecule has 0 bridgehead atoms. The van der Waals surface area contributed by atoms with Crippen LogP contribution in [0.3, 0.4) is 0 Å². The SMILES string of the molecule is COc1cc(/C=N/NC(=O)CSc2nnc(-c3cccc(Br)c3)n2C)ccc1OC(C)C. The summed E-state index contributed by atoms with van der Waals surface area (Å²) in [6.45, 7) is 3.90. The van der Waals surface area contributed by atoms with Gasteiger partial charge < -0.3 is 14.0 Å². The molecule has 0 unspecified atom stereocenters. The largest absolute Gasteiger partial charge is 0.493 e. The number of aromatic nitrogens is 3. The van der Waals surface area contributed by atoms with E-state index < -0.39 is 0 Å². The highest BCUT2D eigenvalue weighted by atomic mass is 79.9. The molecule has 0 atom stereocenters. The number of hydrazone groups is 1. The minimum absolute atomic E-state index is 0.0415. The van der Waals surface area contributed by atoms with Crippen molar-refractivity contribution in [3.63, 3.8) is 0 Å². The maximum Gasteiger partial charge on any atom is 0.250 e. The highest BCUT2D eigenvalue weighted by Crippen LogP contribution is 2.28. The zero-order valence-electron chi connectivity index (χ0n) is 18.2. The Labute approximate surface area is 199 Å². The topological polar surface area (TPSA) is 90.6 Å². The van der Waals surface area contributed by atoms with E-state index in [-0.39, 0.29) is 17.8 Å². The molecule has 32 heavy (non-hydrogen) atoms. The van der Waals surface area contributed by atoms with Crippen molar-refractivity contribution in [1.29, 1.82) is 0 Å². The standard InChI is InChI=1S/C22H24BrN5O3S/c1-14(2)31-18-9-8-15(10-19(18)30-4)12-24-25-20(29)13-32-22-27-26-21(28(22)3)16-6-5-7-17(23)11-16/h5-12,14H,13H2,1-4H3,(H,25,29)/b24-12+. The van der Waals surface area contributed by atoms with Crippen molar-refractivity contribution in [2.24, 2.45) is 12.1 Å². The average molecular weight is 518 g/mol. The van der Waals surface area contributed by atoms with Gasteiger partial charge in [-0.1, -0.05) is 39.8 Å². The molecule has 0 aliphatic rings. The van der Waals surface area contributed by atoms with Crippen LogP contribution in [-0.2, 0) is 11.8 Å². The summed E-state index contributed by atoms with van der Waals surface area (Å²) in [4.78, 5) is 12.2. The van der Waals surface area contributed by atoms with E-state index in [4.69, 9.17) is 9.47 Å². The lowest BCUT2D eigenvalue weighted by Crippen LogP contribution is -2.19. The number of nitrogens with one attached hydrogen (secondary N) is 1. The van der Waals surface area contributed by atoms with Gasteiger partial charge in [0.25, 0.3) is 5.91 Å². The molecule has 1 amide bonds. The van der Waals surface area contributed by atoms with Gasteiger partial charge in [-0.25, -0.2) is 5.43 Å². The van der Waals surface area contributed by atoms with Gasteiger partial charge in [0.15, 0.2) is 22.5 Å². The van der Waals surface area contributed by atoms with E-state index >= 15 is 0 Å². The number of carbonyl (C=O) groups is 1. The first-order valence-corrected chi connectivity index (χ1v) is 11.6. The summed E-state index contributed by atoms with van der Waals surface area (Å²) in [7, 11) is 3.45. The second kappa shape index (κ2) is 11.1. The first kappa shape index (κ1) is 23.8. The second-order valence-corrected chi connectivity index (χ2v) is 8.89. The monoisotopic (exact) mass is 517 g/mol. The number of halogens is 1. The van der Waals surface area contributed by atoms with Gasteiger partial charge in [0.05, 0.1) is 25.2 Å². The van der Waals surface area contributed by atoms with Gasteiger partial charge in [-0.15, -0.1) is 10.2 Å². The van der Waals surface area contributed by atoms with Gasteiger partial charge >= 0.3 is 0 Å². The normalized spacial score (nSPS) is 11.2. The number of ether oxygens (including phenoxy) is 2. The molecule has 2 aromatic carbocycles. The minimum Gasteiger partial charge on any atom is -0.493 e. The van der Waals surface area contributed by atoms with Crippen LogP contribution in [0.1, 0.15) is 19.4 Å². The molecule has 0 saturated heterocycles. The van der Waals surface area contributed by atoms with Crippen LogP contribution < -0.4 is 14.9 Å². The lowest BCUT2D eigenvalue weighted by atomic mass is 10.2. The third-order valence-electron chi connectivity index (χ3n) is 4.20. The van der Waals surface area contributed by atoms with Gasteiger partial charge in [-0.2, -0.15) is 5.10 Å². The number of methoxy groups -OCH3 is 1. The van der Waals surface area contributed by atoms with Crippen LogP contribution in [0.25, 0.3) is 11.4 Å². The van der Waals surface area contributed by atoms with Crippen molar-refractivity contribution in [3.8, 4) is 22.9 Å². The Balaban J connectivity index is 1.55. The van der Waals surface area contributed by atoms with Crippen LogP contribution in [0.2, 0.25) is 0 Å². The summed E-state index contributed by atoms with van der Waals surface area (Å²) >= 11 is 4.75. The first-order chi connectivity index (χ1) is 15.4. The van der Waals surface area contributed by atoms with E-state index in [1.807, 2.05) is 61.9 Å². The molecule has 0 aliphatic heterocycles. The highest BCUT2D eigenvalue weighted by Gasteiger charge is 2.13. The number of thioether (sulfide) groups is 1. The molecule has 10 heteroatoms. The number of amides is 1. The first-order valence-electron chi connectivity index (χ1n) is 9.82. The van der Waals surface area contributed by atoms with Gasteiger partial charge in [-0.05, 0) is 49.7 Å². The van der Waals surface area contributed by atoms with E-state index in [9.17, 15) is 4.79 Å². The number of hydrogen-bond donors (Lipinski definition) is 1. The maximum absolute atomic E-state index is 12.2.